The van der Waals surface area contributed by atoms with E-state index in [1.54, 1.807) is 6.92 Å². The molecule has 0 aliphatic rings. The Labute approximate surface area is 87.1 Å². The van der Waals surface area contributed by atoms with E-state index in [0.29, 0.717) is 17.7 Å². The average Bonchev–Trinajstić information content (AvgIpc) is 1.96. The third-order valence-corrected chi connectivity index (χ3v) is 1.78. The fourth-order valence-electron chi connectivity index (χ4n) is 1.19. The Hall–Kier alpha value is -1.07. The highest BCUT2D eigenvalue weighted by molar-refractivity contribution is 5.85. The summed E-state index contributed by atoms with van der Waals surface area (Å²) in [6.45, 7) is 3.50. The minimum Gasteiger partial charge on any atom is -0.328 e. The van der Waals surface area contributed by atoms with Crippen molar-refractivity contribution in [3.8, 4) is 0 Å². The number of hydrogen-bond acceptors (Lipinski definition) is 3. The molecule has 1 aromatic rings. The summed E-state index contributed by atoms with van der Waals surface area (Å²) in [5.74, 6) is 0. The number of rotatable bonds is 2. The van der Waals surface area contributed by atoms with Crippen LogP contribution < -0.4 is 17.0 Å². The zero-order chi connectivity index (χ0) is 10.0. The number of aryl methyl sites for hydroxylation is 1. The second-order valence-electron chi connectivity index (χ2n) is 3.19. The van der Waals surface area contributed by atoms with Crippen molar-refractivity contribution in [2.45, 2.75) is 26.3 Å². The molecule has 0 aromatic carbocycles. The number of H-pyrrole nitrogens is 2. The smallest absolute Gasteiger partial charge is 0.325 e. The predicted molar refractivity (Wildman–Crippen MR) is 57.0 cm³/mol. The summed E-state index contributed by atoms with van der Waals surface area (Å²) < 4.78 is 0. The van der Waals surface area contributed by atoms with Gasteiger partial charge < -0.3 is 10.7 Å². The van der Waals surface area contributed by atoms with Gasteiger partial charge in [-0.1, -0.05) is 0 Å². The minimum absolute atomic E-state index is 0. The third kappa shape index (κ3) is 3.01. The van der Waals surface area contributed by atoms with E-state index < -0.39 is 5.69 Å². The lowest BCUT2D eigenvalue weighted by atomic mass is 10.1. The molecule has 1 unspecified atom stereocenters. The number of hydrogen-bond donors (Lipinski definition) is 3. The van der Waals surface area contributed by atoms with E-state index in [4.69, 9.17) is 5.73 Å². The quantitative estimate of drug-likeness (QED) is 0.637. The van der Waals surface area contributed by atoms with Crippen LogP contribution in [0.5, 0.6) is 0 Å². The van der Waals surface area contributed by atoms with Crippen molar-refractivity contribution in [1.82, 2.24) is 9.97 Å². The van der Waals surface area contributed by atoms with Crippen LogP contribution in [0.15, 0.2) is 9.59 Å². The molecule has 14 heavy (non-hydrogen) atoms. The van der Waals surface area contributed by atoms with Crippen LogP contribution in [0.25, 0.3) is 0 Å². The number of halogens is 1. The molecular formula is C8H14ClN3O2. The second-order valence-corrected chi connectivity index (χ2v) is 3.19. The molecule has 0 saturated carbocycles. The van der Waals surface area contributed by atoms with Gasteiger partial charge in [-0.15, -0.1) is 12.4 Å². The lowest BCUT2D eigenvalue weighted by Gasteiger charge is -2.05. The van der Waals surface area contributed by atoms with E-state index in [2.05, 4.69) is 9.97 Å². The Morgan fingerprint density at radius 1 is 1.36 bits per heavy atom. The summed E-state index contributed by atoms with van der Waals surface area (Å²) in [7, 11) is 0. The highest BCUT2D eigenvalue weighted by atomic mass is 35.5. The fraction of sp³-hybridized carbons (Fsp3) is 0.500. The molecule has 1 aromatic heterocycles. The number of nitrogens with one attached hydrogen (secondary N) is 2. The van der Waals surface area contributed by atoms with E-state index in [0.717, 1.165) is 0 Å². The Kier molecular flexibility index (Phi) is 4.59. The summed E-state index contributed by atoms with van der Waals surface area (Å²) in [6, 6.07) is -0.0919. The van der Waals surface area contributed by atoms with Gasteiger partial charge in [0.15, 0.2) is 0 Å². The Morgan fingerprint density at radius 2 is 1.93 bits per heavy atom. The molecule has 4 N–H and O–H groups in total. The van der Waals surface area contributed by atoms with E-state index in [9.17, 15) is 9.59 Å². The van der Waals surface area contributed by atoms with Crippen LogP contribution in [0.2, 0.25) is 0 Å². The first-order valence-electron chi connectivity index (χ1n) is 4.08. The third-order valence-electron chi connectivity index (χ3n) is 1.78. The zero-order valence-corrected chi connectivity index (χ0v) is 8.90. The van der Waals surface area contributed by atoms with Crippen LogP contribution >= 0.6 is 12.4 Å². The predicted octanol–water partition coefficient (Wildman–Crippen LogP) is -0.317. The molecule has 0 bridgehead atoms. The van der Waals surface area contributed by atoms with Gasteiger partial charge in [0.1, 0.15) is 0 Å². The van der Waals surface area contributed by atoms with Gasteiger partial charge in [-0.25, -0.2) is 4.79 Å². The summed E-state index contributed by atoms with van der Waals surface area (Å²) >= 11 is 0. The van der Waals surface area contributed by atoms with Crippen molar-refractivity contribution >= 4 is 12.4 Å². The van der Waals surface area contributed by atoms with Gasteiger partial charge in [0, 0.05) is 17.3 Å². The van der Waals surface area contributed by atoms with E-state index in [1.807, 2.05) is 6.92 Å². The first-order valence-corrected chi connectivity index (χ1v) is 4.08. The number of aromatic amines is 2. The number of nitrogens with two attached hydrogens (primary N) is 1. The molecule has 1 atom stereocenters. The largest absolute Gasteiger partial charge is 0.328 e. The summed E-state index contributed by atoms with van der Waals surface area (Å²) in [6.07, 6.45) is 0.470. The Morgan fingerprint density at radius 3 is 2.36 bits per heavy atom. The van der Waals surface area contributed by atoms with Crippen molar-refractivity contribution < 1.29 is 0 Å². The van der Waals surface area contributed by atoms with Crippen LogP contribution in [-0.4, -0.2) is 16.0 Å². The Bertz CT molecular complexity index is 408. The molecule has 1 heterocycles. The van der Waals surface area contributed by atoms with Crippen molar-refractivity contribution in [2.24, 2.45) is 5.73 Å². The SMILES string of the molecule is Cc1[nH]c(=O)[nH]c(=O)c1CC(C)N.Cl. The highest BCUT2D eigenvalue weighted by Crippen LogP contribution is 1.97. The van der Waals surface area contributed by atoms with Gasteiger partial charge in [0.05, 0.1) is 0 Å². The molecule has 1 rings (SSSR count). The van der Waals surface area contributed by atoms with Crippen molar-refractivity contribution in [3.05, 3.63) is 32.1 Å². The van der Waals surface area contributed by atoms with Gasteiger partial charge in [0.25, 0.3) is 5.56 Å². The average molecular weight is 220 g/mol. The number of aromatic nitrogens is 2. The van der Waals surface area contributed by atoms with Gasteiger partial charge in [-0.05, 0) is 20.3 Å². The van der Waals surface area contributed by atoms with Gasteiger partial charge >= 0.3 is 5.69 Å². The van der Waals surface area contributed by atoms with Crippen molar-refractivity contribution in [1.29, 1.82) is 0 Å². The zero-order valence-electron chi connectivity index (χ0n) is 8.09. The maximum atomic E-state index is 11.3. The van der Waals surface area contributed by atoms with E-state index in [-0.39, 0.29) is 24.0 Å². The second kappa shape index (κ2) is 4.97. The molecule has 0 saturated heterocycles. The first-order chi connectivity index (χ1) is 6.00. The van der Waals surface area contributed by atoms with Crippen LogP contribution in [0, 0.1) is 6.92 Å². The molecule has 0 amide bonds. The maximum Gasteiger partial charge on any atom is 0.325 e. The van der Waals surface area contributed by atoms with Crippen molar-refractivity contribution in [3.63, 3.8) is 0 Å². The van der Waals surface area contributed by atoms with E-state index in [1.165, 1.54) is 0 Å². The van der Waals surface area contributed by atoms with Gasteiger partial charge in [0.2, 0.25) is 0 Å². The molecule has 6 heteroatoms. The Balaban J connectivity index is 0.00000169. The summed E-state index contributed by atoms with van der Waals surface area (Å²) in [4.78, 5) is 26.8. The molecule has 0 aliphatic heterocycles. The van der Waals surface area contributed by atoms with Crippen molar-refractivity contribution in [2.75, 3.05) is 0 Å². The highest BCUT2D eigenvalue weighted by Gasteiger charge is 2.07. The molecule has 0 radical (unpaired) electrons. The molecule has 0 aliphatic carbocycles. The molecule has 5 nitrogen and oxygen atoms in total. The minimum atomic E-state index is -0.476. The van der Waals surface area contributed by atoms with Crippen LogP contribution in [-0.2, 0) is 6.42 Å². The van der Waals surface area contributed by atoms with E-state index >= 15 is 0 Å². The lowest BCUT2D eigenvalue weighted by molar-refractivity contribution is 0.718. The van der Waals surface area contributed by atoms with Gasteiger partial charge in [-0.3, -0.25) is 9.78 Å². The first kappa shape index (κ1) is 12.9. The molecule has 0 spiro atoms. The summed E-state index contributed by atoms with van der Waals surface area (Å²) in [5, 5.41) is 0. The molecule has 80 valence electrons. The summed E-state index contributed by atoms with van der Waals surface area (Å²) in [5.41, 5.74) is 5.87. The monoisotopic (exact) mass is 219 g/mol. The van der Waals surface area contributed by atoms with Gasteiger partial charge in [-0.2, -0.15) is 0 Å². The molecule has 0 fully saturated rings. The lowest BCUT2D eigenvalue weighted by Crippen LogP contribution is -2.30. The maximum absolute atomic E-state index is 11.3. The normalized spacial score (nSPS) is 11.9. The fourth-order valence-corrected chi connectivity index (χ4v) is 1.19. The van der Waals surface area contributed by atoms with Crippen LogP contribution in [0.4, 0.5) is 0 Å². The van der Waals surface area contributed by atoms with Crippen LogP contribution in [0.3, 0.4) is 0 Å². The molecular weight excluding hydrogens is 206 g/mol. The standard InChI is InChI=1S/C8H13N3O2.ClH/c1-4(9)3-6-5(2)10-8(13)11-7(6)12;/h4H,3,9H2,1-2H3,(H2,10,11,12,13);1H. The topological polar surface area (TPSA) is 91.7 Å². The van der Waals surface area contributed by atoms with Crippen LogP contribution in [0.1, 0.15) is 18.2 Å².